The molecule has 28 heavy (non-hydrogen) atoms. The van der Waals surface area contributed by atoms with Gasteiger partial charge in [-0.05, 0) is 80.9 Å². The highest BCUT2D eigenvalue weighted by atomic mass is 16.5. The van der Waals surface area contributed by atoms with Crippen LogP contribution in [0, 0.1) is 0 Å². The molecule has 0 aliphatic carbocycles. The highest BCUT2D eigenvalue weighted by Crippen LogP contribution is 2.24. The summed E-state index contributed by atoms with van der Waals surface area (Å²) >= 11 is 0. The van der Waals surface area contributed by atoms with Gasteiger partial charge in [-0.1, -0.05) is 0 Å². The zero-order valence-corrected chi connectivity index (χ0v) is 16.7. The van der Waals surface area contributed by atoms with E-state index in [0.717, 1.165) is 42.2 Å². The van der Waals surface area contributed by atoms with Gasteiger partial charge in [0.15, 0.2) is 0 Å². The Labute approximate surface area is 166 Å². The predicted molar refractivity (Wildman–Crippen MR) is 110 cm³/mol. The van der Waals surface area contributed by atoms with Crippen molar-refractivity contribution in [2.24, 2.45) is 5.10 Å². The van der Waals surface area contributed by atoms with Crippen molar-refractivity contribution >= 4 is 11.6 Å². The van der Waals surface area contributed by atoms with E-state index >= 15 is 0 Å². The van der Waals surface area contributed by atoms with Crippen LogP contribution in [0.5, 0.6) is 11.5 Å². The van der Waals surface area contributed by atoms with Crippen LogP contribution in [-0.2, 0) is 6.54 Å². The van der Waals surface area contributed by atoms with Crippen LogP contribution in [0.25, 0.3) is 0 Å². The van der Waals surface area contributed by atoms with Crippen LogP contribution in [0.4, 0.5) is 0 Å². The molecule has 0 atom stereocenters. The van der Waals surface area contributed by atoms with Gasteiger partial charge in [0.25, 0.3) is 5.91 Å². The topological polar surface area (TPSA) is 63.2 Å². The Morgan fingerprint density at radius 3 is 2.36 bits per heavy atom. The average Bonchev–Trinajstić information content (AvgIpc) is 3.24. The predicted octanol–water partition coefficient (Wildman–Crippen LogP) is 3.45. The molecule has 1 aliphatic heterocycles. The maximum atomic E-state index is 12.3. The molecule has 1 saturated heterocycles. The summed E-state index contributed by atoms with van der Waals surface area (Å²) in [6.07, 6.45) is 2.50. The van der Waals surface area contributed by atoms with Crippen LogP contribution in [0.3, 0.4) is 0 Å². The molecule has 1 heterocycles. The van der Waals surface area contributed by atoms with E-state index < -0.39 is 0 Å². The van der Waals surface area contributed by atoms with Crippen molar-refractivity contribution in [3.63, 3.8) is 0 Å². The van der Waals surface area contributed by atoms with Crippen LogP contribution >= 0.6 is 0 Å². The van der Waals surface area contributed by atoms with Crippen molar-refractivity contribution in [1.29, 1.82) is 0 Å². The zero-order chi connectivity index (χ0) is 19.9. The molecule has 1 fully saturated rings. The number of carbonyl (C=O) groups is 1. The lowest BCUT2D eigenvalue weighted by Crippen LogP contribution is -2.20. The van der Waals surface area contributed by atoms with Gasteiger partial charge in [0, 0.05) is 17.7 Å². The molecule has 3 rings (SSSR count). The Morgan fingerprint density at radius 1 is 1.04 bits per heavy atom. The normalized spacial score (nSPS) is 14.8. The monoisotopic (exact) mass is 381 g/mol. The van der Waals surface area contributed by atoms with E-state index in [1.54, 1.807) is 38.5 Å². The van der Waals surface area contributed by atoms with Crippen molar-refractivity contribution in [2.45, 2.75) is 26.3 Å². The molecule has 0 bridgehead atoms. The van der Waals surface area contributed by atoms with Gasteiger partial charge in [-0.2, -0.15) is 5.10 Å². The second kappa shape index (κ2) is 9.37. The molecule has 2 aromatic carbocycles. The number of likely N-dealkylation sites (tertiary alicyclic amines) is 1. The van der Waals surface area contributed by atoms with Crippen molar-refractivity contribution in [2.75, 3.05) is 27.3 Å². The van der Waals surface area contributed by atoms with Gasteiger partial charge < -0.3 is 9.47 Å². The molecule has 1 N–H and O–H groups in total. The molecule has 2 aromatic rings. The third-order valence-electron chi connectivity index (χ3n) is 4.97. The standard InChI is InChI=1S/C22H27N3O3/c1-16(23-24-22(26)17-6-9-20(27-2)10-7-17)18-8-11-21(28-3)19(14-18)15-25-12-4-5-13-25/h6-11,14H,4-5,12-13,15H2,1-3H3,(H,24,26)/b23-16-. The lowest BCUT2D eigenvalue weighted by molar-refractivity contribution is 0.0955. The summed E-state index contributed by atoms with van der Waals surface area (Å²) in [5.41, 5.74) is 5.99. The smallest absolute Gasteiger partial charge is 0.271 e. The lowest BCUT2D eigenvalue weighted by atomic mass is 10.1. The number of hydrogen-bond donors (Lipinski definition) is 1. The van der Waals surface area contributed by atoms with Crippen LogP contribution < -0.4 is 14.9 Å². The SMILES string of the molecule is COc1ccc(C(=O)N/N=C(/C)c2ccc(OC)c(CN3CCCC3)c2)cc1. The van der Waals surface area contributed by atoms with E-state index in [2.05, 4.69) is 21.5 Å². The summed E-state index contributed by atoms with van der Waals surface area (Å²) in [5.74, 6) is 1.33. The summed E-state index contributed by atoms with van der Waals surface area (Å²) in [4.78, 5) is 14.7. The average molecular weight is 381 g/mol. The number of rotatable bonds is 7. The van der Waals surface area contributed by atoms with Crippen molar-refractivity contribution in [3.05, 3.63) is 59.2 Å². The van der Waals surface area contributed by atoms with Crippen LogP contribution in [0.2, 0.25) is 0 Å². The van der Waals surface area contributed by atoms with E-state index in [1.807, 2.05) is 19.1 Å². The summed E-state index contributed by atoms with van der Waals surface area (Å²) in [6, 6.07) is 12.9. The Morgan fingerprint density at radius 2 is 1.71 bits per heavy atom. The summed E-state index contributed by atoms with van der Waals surface area (Å²) in [6.45, 7) is 5.00. The number of ether oxygens (including phenoxy) is 2. The summed E-state index contributed by atoms with van der Waals surface area (Å²) in [7, 11) is 3.29. The third kappa shape index (κ3) is 4.89. The molecule has 0 aromatic heterocycles. The van der Waals surface area contributed by atoms with Crippen molar-refractivity contribution in [1.82, 2.24) is 10.3 Å². The largest absolute Gasteiger partial charge is 0.497 e. The van der Waals surface area contributed by atoms with E-state index in [4.69, 9.17) is 9.47 Å². The zero-order valence-electron chi connectivity index (χ0n) is 16.7. The minimum Gasteiger partial charge on any atom is -0.497 e. The number of hydrazone groups is 1. The fourth-order valence-electron chi connectivity index (χ4n) is 3.31. The number of carbonyl (C=O) groups excluding carboxylic acids is 1. The van der Waals surface area contributed by atoms with E-state index in [0.29, 0.717) is 11.3 Å². The minimum absolute atomic E-state index is 0.257. The molecule has 0 saturated carbocycles. The summed E-state index contributed by atoms with van der Waals surface area (Å²) < 4.78 is 10.6. The molecule has 0 unspecified atom stereocenters. The molecule has 1 aliphatic rings. The van der Waals surface area contributed by atoms with E-state index in [-0.39, 0.29) is 5.91 Å². The van der Waals surface area contributed by atoms with Gasteiger partial charge in [0.2, 0.25) is 0 Å². The molecule has 148 valence electrons. The Bertz CT molecular complexity index is 841. The second-order valence-electron chi connectivity index (χ2n) is 6.88. The van der Waals surface area contributed by atoms with Gasteiger partial charge in [-0.3, -0.25) is 9.69 Å². The number of hydrogen-bond acceptors (Lipinski definition) is 5. The quantitative estimate of drug-likeness (QED) is 0.589. The highest BCUT2D eigenvalue weighted by Gasteiger charge is 2.15. The van der Waals surface area contributed by atoms with Crippen molar-refractivity contribution in [3.8, 4) is 11.5 Å². The molecule has 6 heteroatoms. The number of benzene rings is 2. The van der Waals surface area contributed by atoms with Crippen LogP contribution in [0.1, 0.15) is 41.3 Å². The molecule has 0 radical (unpaired) electrons. The Balaban J connectivity index is 1.71. The molecular weight excluding hydrogens is 354 g/mol. The Kier molecular flexibility index (Phi) is 6.66. The lowest BCUT2D eigenvalue weighted by Gasteiger charge is -2.17. The third-order valence-corrected chi connectivity index (χ3v) is 4.97. The van der Waals surface area contributed by atoms with Crippen LogP contribution in [-0.4, -0.2) is 43.8 Å². The van der Waals surface area contributed by atoms with Gasteiger partial charge >= 0.3 is 0 Å². The molecule has 1 amide bonds. The highest BCUT2D eigenvalue weighted by molar-refractivity contribution is 6.01. The Hall–Kier alpha value is -2.86. The fourth-order valence-corrected chi connectivity index (χ4v) is 3.31. The summed E-state index contributed by atoms with van der Waals surface area (Å²) in [5, 5.41) is 4.27. The number of amides is 1. The first-order chi connectivity index (χ1) is 13.6. The molecule has 0 spiro atoms. The first-order valence-electron chi connectivity index (χ1n) is 9.49. The molecule has 6 nitrogen and oxygen atoms in total. The minimum atomic E-state index is -0.257. The molecular formula is C22H27N3O3. The van der Waals surface area contributed by atoms with E-state index in [9.17, 15) is 4.79 Å². The maximum absolute atomic E-state index is 12.3. The number of methoxy groups -OCH3 is 2. The van der Waals surface area contributed by atoms with Crippen LogP contribution in [0.15, 0.2) is 47.6 Å². The first kappa shape index (κ1) is 19.9. The maximum Gasteiger partial charge on any atom is 0.271 e. The van der Waals surface area contributed by atoms with Crippen molar-refractivity contribution < 1.29 is 14.3 Å². The van der Waals surface area contributed by atoms with Gasteiger partial charge in [-0.25, -0.2) is 5.43 Å². The van der Waals surface area contributed by atoms with Gasteiger partial charge in [0.1, 0.15) is 11.5 Å². The number of nitrogens with zero attached hydrogens (tertiary/aromatic N) is 2. The fraction of sp³-hybridized carbons (Fsp3) is 0.364. The first-order valence-corrected chi connectivity index (χ1v) is 9.49. The number of nitrogens with one attached hydrogen (secondary N) is 1. The second-order valence-corrected chi connectivity index (χ2v) is 6.88. The van der Waals surface area contributed by atoms with Gasteiger partial charge in [-0.15, -0.1) is 0 Å². The van der Waals surface area contributed by atoms with Gasteiger partial charge in [0.05, 0.1) is 19.9 Å². The van der Waals surface area contributed by atoms with E-state index in [1.165, 1.54) is 12.8 Å².